The number of amides is 2. The fourth-order valence-corrected chi connectivity index (χ4v) is 3.26. The van der Waals surface area contributed by atoms with Gasteiger partial charge in [-0.15, -0.1) is 0 Å². The molecule has 2 fully saturated rings. The second-order valence-corrected chi connectivity index (χ2v) is 6.69. The fraction of sp³-hybridized carbons (Fsp3) is 0.556. The van der Waals surface area contributed by atoms with E-state index in [-0.39, 0.29) is 24.3 Å². The van der Waals surface area contributed by atoms with E-state index in [0.29, 0.717) is 12.8 Å². The van der Waals surface area contributed by atoms with Crippen molar-refractivity contribution in [2.45, 2.75) is 38.6 Å². The van der Waals surface area contributed by atoms with E-state index < -0.39 is 12.0 Å². The molecule has 1 atom stereocenters. The first kappa shape index (κ1) is 19.8. The molecule has 2 saturated heterocycles. The number of carbonyl (C=O) groups excluding carboxylic acids is 2. The maximum atomic E-state index is 11.8. The highest BCUT2D eigenvalue weighted by atomic mass is 16.4. The number of hydrogen-bond acceptors (Lipinski definition) is 6. The summed E-state index contributed by atoms with van der Waals surface area (Å²) in [5.74, 6) is -1.09. The number of likely N-dealkylation sites (tertiary alicyclic amines) is 1. The Balaban J connectivity index is 1.90. The van der Waals surface area contributed by atoms with Crippen molar-refractivity contribution in [3.8, 4) is 0 Å². The van der Waals surface area contributed by atoms with Crippen molar-refractivity contribution >= 4 is 24.5 Å². The number of aliphatic carboxylic acids is 1. The smallest absolute Gasteiger partial charge is 0.317 e. The van der Waals surface area contributed by atoms with Gasteiger partial charge in [0.05, 0.1) is 6.54 Å². The Morgan fingerprint density at radius 1 is 1.35 bits per heavy atom. The minimum absolute atomic E-state index is 0.0716. The summed E-state index contributed by atoms with van der Waals surface area (Å²) in [6.07, 6.45) is 6.24. The molecule has 0 bridgehead atoms. The highest BCUT2D eigenvalue weighted by molar-refractivity contribution is 6.00. The van der Waals surface area contributed by atoms with Crippen molar-refractivity contribution in [1.82, 2.24) is 15.5 Å². The third-order valence-corrected chi connectivity index (χ3v) is 4.69. The van der Waals surface area contributed by atoms with Gasteiger partial charge in [0.15, 0.2) is 0 Å². The highest BCUT2D eigenvalue weighted by Gasteiger charge is 2.26. The average molecular weight is 362 g/mol. The van der Waals surface area contributed by atoms with Crippen LogP contribution < -0.4 is 10.6 Å². The second-order valence-electron chi connectivity index (χ2n) is 6.69. The Labute approximate surface area is 153 Å². The lowest BCUT2D eigenvalue weighted by molar-refractivity contribution is -0.139. The summed E-state index contributed by atoms with van der Waals surface area (Å²) in [6, 6.07) is -0.406. The zero-order valence-electron chi connectivity index (χ0n) is 15.0. The van der Waals surface area contributed by atoms with E-state index in [1.165, 1.54) is 0 Å². The van der Waals surface area contributed by atoms with E-state index in [0.717, 1.165) is 37.3 Å². The minimum Gasteiger partial charge on any atom is -0.480 e. The van der Waals surface area contributed by atoms with Crippen LogP contribution in [0.25, 0.3) is 0 Å². The Bertz CT molecular complexity index is 633. The molecule has 2 heterocycles. The standard InChI is InChI=1S/C18H26N4O4/c1-12(20-15-5-6-16(23)21-18(15)26)3-4-14(19-2)13-7-9-22(10-8-13)11-17(24)25/h3-4,13,15,20H,2,5-11H2,1H3,(H,24,25)(H,21,23,26)/b12-3+,14-4-. The molecule has 0 aromatic rings. The van der Waals surface area contributed by atoms with Crippen molar-refractivity contribution in [3.05, 3.63) is 23.5 Å². The van der Waals surface area contributed by atoms with E-state index in [4.69, 9.17) is 5.11 Å². The number of carbonyl (C=O) groups is 3. The molecule has 3 N–H and O–H groups in total. The van der Waals surface area contributed by atoms with Crippen LogP contribution in [0.5, 0.6) is 0 Å². The molecule has 0 aromatic carbocycles. The molecule has 0 radical (unpaired) electrons. The number of piperidine rings is 2. The van der Waals surface area contributed by atoms with Crippen molar-refractivity contribution in [2.24, 2.45) is 10.9 Å². The van der Waals surface area contributed by atoms with Gasteiger partial charge in [0.1, 0.15) is 6.04 Å². The number of nitrogens with one attached hydrogen (secondary N) is 2. The van der Waals surface area contributed by atoms with Gasteiger partial charge in [0.2, 0.25) is 11.8 Å². The third-order valence-electron chi connectivity index (χ3n) is 4.69. The van der Waals surface area contributed by atoms with Gasteiger partial charge in [-0.1, -0.05) is 0 Å². The van der Waals surface area contributed by atoms with E-state index in [2.05, 4.69) is 22.3 Å². The van der Waals surface area contributed by atoms with Crippen molar-refractivity contribution in [3.63, 3.8) is 0 Å². The van der Waals surface area contributed by atoms with Crippen LogP contribution in [0.15, 0.2) is 28.5 Å². The number of carboxylic acid groups (broad SMARTS) is 1. The van der Waals surface area contributed by atoms with Crippen LogP contribution in [0, 0.1) is 5.92 Å². The first-order valence-electron chi connectivity index (χ1n) is 8.78. The Kier molecular flexibility index (Phi) is 7.08. The van der Waals surface area contributed by atoms with Gasteiger partial charge in [-0.2, -0.15) is 0 Å². The first-order chi connectivity index (χ1) is 12.4. The van der Waals surface area contributed by atoms with Gasteiger partial charge in [-0.05, 0) is 58.1 Å². The van der Waals surface area contributed by atoms with Gasteiger partial charge >= 0.3 is 5.97 Å². The van der Waals surface area contributed by atoms with E-state index >= 15 is 0 Å². The summed E-state index contributed by atoms with van der Waals surface area (Å²) in [4.78, 5) is 39.8. The topological polar surface area (TPSA) is 111 Å². The number of hydrogen-bond donors (Lipinski definition) is 3. The van der Waals surface area contributed by atoms with E-state index in [1.54, 1.807) is 0 Å². The van der Waals surface area contributed by atoms with Gasteiger partial charge in [0.25, 0.3) is 0 Å². The summed E-state index contributed by atoms with van der Waals surface area (Å²) < 4.78 is 0. The molecule has 142 valence electrons. The van der Waals surface area contributed by atoms with Crippen LogP contribution in [0.2, 0.25) is 0 Å². The summed E-state index contributed by atoms with van der Waals surface area (Å²) in [7, 11) is 0. The van der Waals surface area contributed by atoms with Crippen LogP contribution in [-0.4, -0.2) is 60.2 Å². The summed E-state index contributed by atoms with van der Waals surface area (Å²) >= 11 is 0. The molecule has 8 nitrogen and oxygen atoms in total. The maximum Gasteiger partial charge on any atom is 0.317 e. The van der Waals surface area contributed by atoms with Crippen LogP contribution in [0.1, 0.15) is 32.6 Å². The zero-order chi connectivity index (χ0) is 19.1. The number of carboxylic acids is 1. The number of imide groups is 1. The first-order valence-corrected chi connectivity index (χ1v) is 8.78. The largest absolute Gasteiger partial charge is 0.480 e. The van der Waals surface area contributed by atoms with E-state index in [1.807, 2.05) is 24.0 Å². The van der Waals surface area contributed by atoms with E-state index in [9.17, 15) is 14.4 Å². The van der Waals surface area contributed by atoms with Crippen molar-refractivity contribution in [2.75, 3.05) is 19.6 Å². The van der Waals surface area contributed by atoms with Crippen LogP contribution in [0.4, 0.5) is 0 Å². The van der Waals surface area contributed by atoms with Crippen LogP contribution >= 0.6 is 0 Å². The zero-order valence-corrected chi connectivity index (χ0v) is 15.0. The molecule has 26 heavy (non-hydrogen) atoms. The van der Waals surface area contributed by atoms with Crippen LogP contribution in [-0.2, 0) is 14.4 Å². The molecule has 0 saturated carbocycles. The SMILES string of the molecule is C=N/C(=C\C=C(/C)NC1CCC(=O)NC1=O)C1CCN(CC(=O)O)CC1. The number of allylic oxidation sites excluding steroid dienone is 4. The van der Waals surface area contributed by atoms with Gasteiger partial charge < -0.3 is 10.4 Å². The normalized spacial score (nSPS) is 23.5. The molecule has 1 unspecified atom stereocenters. The average Bonchev–Trinajstić information content (AvgIpc) is 2.59. The van der Waals surface area contributed by atoms with Gasteiger partial charge in [0, 0.05) is 23.7 Å². The lowest BCUT2D eigenvalue weighted by Gasteiger charge is -2.30. The number of nitrogens with zero attached hydrogens (tertiary/aromatic N) is 2. The van der Waals surface area contributed by atoms with Gasteiger partial charge in [-0.3, -0.25) is 29.6 Å². The molecule has 0 spiro atoms. The second kappa shape index (κ2) is 9.28. The Morgan fingerprint density at radius 2 is 2.04 bits per heavy atom. The lowest BCUT2D eigenvalue weighted by Crippen LogP contribution is -2.50. The third kappa shape index (κ3) is 5.80. The highest BCUT2D eigenvalue weighted by Crippen LogP contribution is 2.25. The Hall–Kier alpha value is -2.48. The quantitative estimate of drug-likeness (QED) is 0.349. The minimum atomic E-state index is -0.806. The summed E-state index contributed by atoms with van der Waals surface area (Å²) in [6.45, 7) is 7.02. The number of rotatable bonds is 7. The Morgan fingerprint density at radius 3 is 2.62 bits per heavy atom. The van der Waals surface area contributed by atoms with Crippen molar-refractivity contribution < 1.29 is 19.5 Å². The predicted octanol–water partition coefficient (Wildman–Crippen LogP) is 0.666. The maximum absolute atomic E-state index is 11.8. The molecular weight excluding hydrogens is 336 g/mol. The number of aliphatic imine (C=N–C) groups is 1. The molecule has 2 aliphatic heterocycles. The molecular formula is C18H26N4O4. The molecule has 0 aromatic heterocycles. The van der Waals surface area contributed by atoms with Crippen LogP contribution in [0.3, 0.4) is 0 Å². The predicted molar refractivity (Wildman–Crippen MR) is 97.5 cm³/mol. The van der Waals surface area contributed by atoms with Crippen molar-refractivity contribution in [1.29, 1.82) is 0 Å². The lowest BCUT2D eigenvalue weighted by atomic mass is 9.93. The fourth-order valence-electron chi connectivity index (χ4n) is 3.26. The summed E-state index contributed by atoms with van der Waals surface area (Å²) in [5, 5.41) is 14.3. The molecule has 2 rings (SSSR count). The molecule has 0 aliphatic carbocycles. The molecule has 8 heteroatoms. The molecule has 2 amide bonds. The summed E-state index contributed by atoms with van der Waals surface area (Å²) in [5.41, 5.74) is 1.67. The monoisotopic (exact) mass is 362 g/mol. The van der Waals surface area contributed by atoms with Gasteiger partial charge in [-0.25, -0.2) is 0 Å². The molecule has 2 aliphatic rings.